The van der Waals surface area contributed by atoms with Crippen molar-refractivity contribution in [2.75, 3.05) is 25.0 Å². The second-order valence-electron chi connectivity index (χ2n) is 4.02. The van der Waals surface area contributed by atoms with Crippen molar-refractivity contribution >= 4 is 17.5 Å². The van der Waals surface area contributed by atoms with E-state index < -0.39 is 0 Å². The number of urea groups is 1. The van der Waals surface area contributed by atoms with Crippen molar-refractivity contribution in [1.29, 1.82) is 0 Å². The van der Waals surface area contributed by atoms with Crippen LogP contribution in [0.25, 0.3) is 0 Å². The minimum atomic E-state index is -0.315. The number of amides is 2. The molecule has 0 aliphatic carbocycles. The predicted octanol–water partition coefficient (Wildman–Crippen LogP) is 1.90. The number of nitrogens with one attached hydrogen (secondary N) is 1. The fourth-order valence-corrected chi connectivity index (χ4v) is 1.54. The number of rotatable bonds is 6. The molecular weight excluding hydrogens is 244 g/mol. The van der Waals surface area contributed by atoms with Gasteiger partial charge in [-0.1, -0.05) is 6.08 Å². The summed E-state index contributed by atoms with van der Waals surface area (Å²) >= 11 is 0. The average molecular weight is 262 g/mol. The van der Waals surface area contributed by atoms with Gasteiger partial charge in [-0.2, -0.15) is 0 Å². The number of hydrogen-bond donors (Lipinski definition) is 2. The van der Waals surface area contributed by atoms with E-state index in [-0.39, 0.29) is 25.0 Å². The molecule has 5 nitrogen and oxygen atoms in total. The van der Waals surface area contributed by atoms with Crippen LogP contribution in [0.4, 0.5) is 10.5 Å². The molecule has 0 spiro atoms. The quantitative estimate of drug-likeness (QED) is 0.607. The summed E-state index contributed by atoms with van der Waals surface area (Å²) in [7, 11) is 0. The SMILES string of the molecule is C=CCN(CCO)C(=O)Nc1ccc(C(C)=O)cc1. The average Bonchev–Trinajstić information content (AvgIpc) is 2.39. The summed E-state index contributed by atoms with van der Waals surface area (Å²) in [5.41, 5.74) is 1.19. The number of carbonyl (C=O) groups is 2. The Hall–Kier alpha value is -2.14. The summed E-state index contributed by atoms with van der Waals surface area (Å²) in [6.45, 7) is 5.54. The van der Waals surface area contributed by atoms with E-state index in [0.717, 1.165) is 0 Å². The van der Waals surface area contributed by atoms with Crippen molar-refractivity contribution in [2.45, 2.75) is 6.92 Å². The van der Waals surface area contributed by atoms with E-state index in [1.54, 1.807) is 30.3 Å². The predicted molar refractivity (Wildman–Crippen MR) is 74.3 cm³/mol. The number of ketones is 1. The van der Waals surface area contributed by atoms with Crippen LogP contribution in [-0.2, 0) is 0 Å². The Morgan fingerprint density at radius 3 is 2.47 bits per heavy atom. The highest BCUT2D eigenvalue weighted by Gasteiger charge is 2.11. The lowest BCUT2D eigenvalue weighted by molar-refractivity contribution is 0.101. The Labute approximate surface area is 112 Å². The maximum Gasteiger partial charge on any atom is 0.322 e. The first-order valence-electron chi connectivity index (χ1n) is 5.97. The van der Waals surface area contributed by atoms with Crippen molar-refractivity contribution in [1.82, 2.24) is 4.90 Å². The number of nitrogens with zero attached hydrogens (tertiary/aromatic N) is 1. The highest BCUT2D eigenvalue weighted by molar-refractivity contribution is 5.95. The molecule has 0 radical (unpaired) electrons. The monoisotopic (exact) mass is 262 g/mol. The first kappa shape index (κ1) is 14.9. The molecule has 0 aromatic heterocycles. The molecule has 0 atom stereocenters. The van der Waals surface area contributed by atoms with Gasteiger partial charge in [0.15, 0.2) is 5.78 Å². The second kappa shape index (κ2) is 7.33. The molecule has 0 heterocycles. The summed E-state index contributed by atoms with van der Waals surface area (Å²) in [4.78, 5) is 24.5. The van der Waals surface area contributed by atoms with E-state index in [0.29, 0.717) is 17.8 Å². The third-order valence-electron chi connectivity index (χ3n) is 2.55. The van der Waals surface area contributed by atoms with Gasteiger partial charge in [0, 0.05) is 24.3 Å². The third-order valence-corrected chi connectivity index (χ3v) is 2.55. The van der Waals surface area contributed by atoms with Crippen molar-refractivity contribution in [2.24, 2.45) is 0 Å². The molecule has 0 saturated carbocycles. The van der Waals surface area contributed by atoms with E-state index in [9.17, 15) is 9.59 Å². The zero-order valence-electron chi connectivity index (χ0n) is 10.9. The summed E-state index contributed by atoms with van der Waals surface area (Å²) < 4.78 is 0. The Balaban J connectivity index is 2.69. The van der Waals surface area contributed by atoms with Gasteiger partial charge in [-0.3, -0.25) is 4.79 Å². The molecule has 0 aliphatic heterocycles. The lowest BCUT2D eigenvalue weighted by atomic mass is 10.1. The smallest absolute Gasteiger partial charge is 0.322 e. The number of benzene rings is 1. The molecular formula is C14H18N2O3. The minimum absolute atomic E-state index is 0.0218. The number of Topliss-reactive ketones (excluding diaryl/α,β-unsaturated/α-hetero) is 1. The first-order chi connectivity index (χ1) is 9.08. The van der Waals surface area contributed by atoms with Gasteiger partial charge in [0.2, 0.25) is 0 Å². The molecule has 102 valence electrons. The summed E-state index contributed by atoms with van der Waals surface area (Å²) in [6, 6.07) is 6.33. The first-order valence-corrected chi connectivity index (χ1v) is 5.97. The normalized spacial score (nSPS) is 9.79. The van der Waals surface area contributed by atoms with Crippen molar-refractivity contribution in [3.05, 3.63) is 42.5 Å². The Morgan fingerprint density at radius 2 is 2.00 bits per heavy atom. The maximum atomic E-state index is 11.9. The van der Waals surface area contributed by atoms with Crippen LogP contribution in [0.2, 0.25) is 0 Å². The molecule has 0 aliphatic rings. The van der Waals surface area contributed by atoms with Gasteiger partial charge >= 0.3 is 6.03 Å². The molecule has 2 N–H and O–H groups in total. The lowest BCUT2D eigenvalue weighted by Crippen LogP contribution is -2.37. The Morgan fingerprint density at radius 1 is 1.37 bits per heavy atom. The van der Waals surface area contributed by atoms with Gasteiger partial charge in [-0.25, -0.2) is 4.79 Å². The van der Waals surface area contributed by atoms with E-state index in [2.05, 4.69) is 11.9 Å². The van der Waals surface area contributed by atoms with E-state index in [1.165, 1.54) is 11.8 Å². The molecule has 1 aromatic rings. The summed E-state index contributed by atoms with van der Waals surface area (Å²) in [6.07, 6.45) is 1.59. The standard InChI is InChI=1S/C14H18N2O3/c1-3-8-16(9-10-17)14(19)15-13-6-4-12(5-7-13)11(2)18/h3-7,17H,1,8-10H2,2H3,(H,15,19). The fourth-order valence-electron chi connectivity index (χ4n) is 1.54. The highest BCUT2D eigenvalue weighted by Crippen LogP contribution is 2.10. The fraction of sp³-hybridized carbons (Fsp3) is 0.286. The third kappa shape index (κ3) is 4.56. The molecule has 19 heavy (non-hydrogen) atoms. The van der Waals surface area contributed by atoms with Gasteiger partial charge in [0.25, 0.3) is 0 Å². The van der Waals surface area contributed by atoms with Crippen molar-refractivity contribution in [3.8, 4) is 0 Å². The van der Waals surface area contributed by atoms with Crippen LogP contribution in [0.3, 0.4) is 0 Å². The van der Waals surface area contributed by atoms with Gasteiger partial charge in [-0.15, -0.1) is 6.58 Å². The molecule has 2 amide bonds. The number of carbonyl (C=O) groups excluding carboxylic acids is 2. The molecule has 0 unspecified atom stereocenters. The van der Waals surface area contributed by atoms with Gasteiger partial charge in [0.1, 0.15) is 0 Å². The van der Waals surface area contributed by atoms with Crippen LogP contribution in [-0.4, -0.2) is 41.5 Å². The molecule has 0 fully saturated rings. The second-order valence-corrected chi connectivity index (χ2v) is 4.02. The van der Waals surface area contributed by atoms with Crippen molar-refractivity contribution < 1.29 is 14.7 Å². The highest BCUT2D eigenvalue weighted by atomic mass is 16.3. The minimum Gasteiger partial charge on any atom is -0.395 e. The van der Waals surface area contributed by atoms with Gasteiger partial charge < -0.3 is 15.3 Å². The molecule has 5 heteroatoms. The van der Waals surface area contributed by atoms with Crippen LogP contribution >= 0.6 is 0 Å². The maximum absolute atomic E-state index is 11.9. The Bertz CT molecular complexity index is 454. The van der Waals surface area contributed by atoms with E-state index in [1.807, 2.05) is 0 Å². The van der Waals surface area contributed by atoms with Crippen LogP contribution in [0.5, 0.6) is 0 Å². The zero-order chi connectivity index (χ0) is 14.3. The zero-order valence-corrected chi connectivity index (χ0v) is 10.9. The number of anilines is 1. The lowest BCUT2D eigenvalue weighted by Gasteiger charge is -2.20. The molecule has 0 saturated heterocycles. The van der Waals surface area contributed by atoms with Crippen LogP contribution in [0.1, 0.15) is 17.3 Å². The molecule has 1 aromatic carbocycles. The number of aliphatic hydroxyl groups is 1. The van der Waals surface area contributed by atoms with E-state index >= 15 is 0 Å². The van der Waals surface area contributed by atoms with Gasteiger partial charge in [-0.05, 0) is 31.2 Å². The number of hydrogen-bond acceptors (Lipinski definition) is 3. The van der Waals surface area contributed by atoms with E-state index in [4.69, 9.17) is 5.11 Å². The van der Waals surface area contributed by atoms with Crippen LogP contribution in [0.15, 0.2) is 36.9 Å². The summed E-state index contributed by atoms with van der Waals surface area (Å²) in [5, 5.41) is 11.6. The van der Waals surface area contributed by atoms with Crippen LogP contribution in [0, 0.1) is 0 Å². The topological polar surface area (TPSA) is 69.6 Å². The summed E-state index contributed by atoms with van der Waals surface area (Å²) in [5.74, 6) is -0.0218. The molecule has 0 bridgehead atoms. The van der Waals surface area contributed by atoms with Crippen LogP contribution < -0.4 is 5.32 Å². The van der Waals surface area contributed by atoms with Gasteiger partial charge in [0.05, 0.1) is 6.61 Å². The molecule has 1 rings (SSSR count). The van der Waals surface area contributed by atoms with Crippen molar-refractivity contribution in [3.63, 3.8) is 0 Å². The largest absolute Gasteiger partial charge is 0.395 e. The Kier molecular flexibility index (Phi) is 5.75. The number of aliphatic hydroxyl groups excluding tert-OH is 1.